The summed E-state index contributed by atoms with van der Waals surface area (Å²) in [6, 6.07) is 2.32. The van der Waals surface area contributed by atoms with E-state index in [0.29, 0.717) is 23.7 Å². The van der Waals surface area contributed by atoms with Crippen LogP contribution in [-0.4, -0.2) is 76.6 Å². The molecule has 3 fully saturated rings. The van der Waals surface area contributed by atoms with Crippen LogP contribution in [0.4, 0.5) is 33.5 Å². The highest BCUT2D eigenvalue weighted by Crippen LogP contribution is 2.45. The van der Waals surface area contributed by atoms with Gasteiger partial charge in [-0.05, 0) is 57.3 Å². The molecular formula is C32H36F5N7O3. The number of nitrogens with two attached hydrogens (primary N) is 1. The molecule has 47 heavy (non-hydrogen) atoms. The maximum absolute atomic E-state index is 15.4. The molecule has 1 aromatic carbocycles. The molecular weight excluding hydrogens is 625 g/mol. The number of halogens is 5. The molecule has 252 valence electrons. The van der Waals surface area contributed by atoms with Crippen LogP contribution in [0.5, 0.6) is 6.01 Å². The Balaban J connectivity index is 1.38. The van der Waals surface area contributed by atoms with Crippen molar-refractivity contribution in [3.8, 4) is 12.1 Å². The van der Waals surface area contributed by atoms with Crippen molar-refractivity contribution in [2.75, 3.05) is 50.0 Å². The first-order valence-electron chi connectivity index (χ1n) is 15.6. The summed E-state index contributed by atoms with van der Waals surface area (Å²) in [5, 5.41) is 9.46. The molecule has 2 unspecified atom stereocenters. The summed E-state index contributed by atoms with van der Waals surface area (Å²) >= 11 is 0. The highest BCUT2D eigenvalue weighted by Gasteiger charge is 2.46. The van der Waals surface area contributed by atoms with Crippen molar-refractivity contribution in [3.63, 3.8) is 0 Å². The number of nitriles is 1. The number of aromatic nitrogens is 2. The predicted molar refractivity (Wildman–Crippen MR) is 160 cm³/mol. The first-order valence-corrected chi connectivity index (χ1v) is 15.6. The number of benzene rings is 1. The van der Waals surface area contributed by atoms with E-state index in [1.165, 1.54) is 11.8 Å². The Morgan fingerprint density at radius 2 is 1.96 bits per heavy atom. The number of alkyl halides is 3. The molecule has 4 aliphatic heterocycles. The van der Waals surface area contributed by atoms with Gasteiger partial charge in [-0.1, -0.05) is 6.58 Å². The second-order valence-corrected chi connectivity index (χ2v) is 12.7. The molecule has 1 aromatic heterocycles. The average Bonchev–Trinajstić information content (AvgIpc) is 3.61. The number of fused-ring (bicyclic) bond motifs is 2. The quantitative estimate of drug-likeness (QED) is 0.254. The number of amides is 1. The van der Waals surface area contributed by atoms with Gasteiger partial charge in [-0.3, -0.25) is 9.69 Å². The number of carbonyl (C=O) groups excluding carboxylic acids is 1. The molecule has 2 aromatic rings. The van der Waals surface area contributed by atoms with Gasteiger partial charge in [-0.15, -0.1) is 0 Å². The second-order valence-electron chi connectivity index (χ2n) is 12.7. The average molecular weight is 662 g/mol. The molecule has 0 saturated carbocycles. The van der Waals surface area contributed by atoms with Gasteiger partial charge in [0.15, 0.2) is 11.6 Å². The Labute approximate surface area is 268 Å². The summed E-state index contributed by atoms with van der Waals surface area (Å²) in [6.07, 6.45) is -2.53. The lowest BCUT2D eigenvalue weighted by Crippen LogP contribution is -2.55. The smallest absolute Gasteiger partial charge is 0.417 e. The molecule has 5 heterocycles. The zero-order chi connectivity index (χ0) is 33.7. The third-order valence-electron chi connectivity index (χ3n) is 9.87. The van der Waals surface area contributed by atoms with Crippen LogP contribution in [0.15, 0.2) is 18.5 Å². The lowest BCUT2D eigenvalue weighted by Gasteiger charge is -2.42. The Morgan fingerprint density at radius 1 is 1.23 bits per heavy atom. The van der Waals surface area contributed by atoms with E-state index >= 15 is 4.39 Å². The number of piperazine rings is 1. The van der Waals surface area contributed by atoms with Crippen LogP contribution in [0.3, 0.4) is 0 Å². The van der Waals surface area contributed by atoms with E-state index < -0.39 is 52.7 Å². The predicted octanol–water partition coefficient (Wildman–Crippen LogP) is 4.76. The molecule has 3 saturated heterocycles. The van der Waals surface area contributed by atoms with Gasteiger partial charge in [0.1, 0.15) is 12.4 Å². The van der Waals surface area contributed by atoms with Crippen molar-refractivity contribution in [1.82, 2.24) is 19.8 Å². The fourth-order valence-corrected chi connectivity index (χ4v) is 7.68. The monoisotopic (exact) mass is 661 g/mol. The minimum Gasteiger partial charge on any atom is -0.461 e. The van der Waals surface area contributed by atoms with Gasteiger partial charge in [-0.25, -0.2) is 8.78 Å². The van der Waals surface area contributed by atoms with Crippen molar-refractivity contribution < 1.29 is 36.2 Å². The minimum absolute atomic E-state index is 0.0141. The molecule has 0 bridgehead atoms. The van der Waals surface area contributed by atoms with Crippen molar-refractivity contribution in [2.24, 2.45) is 0 Å². The number of aryl methyl sites for hydroxylation is 1. The van der Waals surface area contributed by atoms with Crippen molar-refractivity contribution >= 4 is 17.4 Å². The van der Waals surface area contributed by atoms with E-state index in [0.717, 1.165) is 44.8 Å². The molecule has 2 atom stereocenters. The number of carbonyl (C=O) groups is 1. The van der Waals surface area contributed by atoms with Crippen LogP contribution in [0, 0.1) is 24.1 Å². The molecule has 2 N–H and O–H groups in total. The lowest BCUT2D eigenvalue weighted by atomic mass is 9.91. The van der Waals surface area contributed by atoms with Gasteiger partial charge in [0.25, 0.3) is 5.91 Å². The molecule has 4 aliphatic rings. The minimum atomic E-state index is -4.87. The first-order chi connectivity index (χ1) is 22.3. The lowest BCUT2D eigenvalue weighted by molar-refractivity contribution is -0.140. The van der Waals surface area contributed by atoms with E-state index in [1.54, 1.807) is 0 Å². The van der Waals surface area contributed by atoms with E-state index in [-0.39, 0.29) is 56.2 Å². The number of nitrogen functional groups attached to an aromatic ring is 1. The summed E-state index contributed by atoms with van der Waals surface area (Å²) in [4.78, 5) is 27.3. The number of hydrogen-bond donors (Lipinski definition) is 1. The van der Waals surface area contributed by atoms with Gasteiger partial charge in [-0.2, -0.15) is 28.4 Å². The molecule has 0 spiro atoms. The molecule has 15 heteroatoms. The maximum Gasteiger partial charge on any atom is 0.417 e. The SMILES string of the molecule is C=C(F)C(=O)N1CCN(c2nc(OCC34CCCN3CCC4)nc3c2COC(c2c(F)c(N)cc(C)c2C(F)(F)F)C3)CC1CC#N. The van der Waals surface area contributed by atoms with Crippen LogP contribution < -0.4 is 15.4 Å². The Morgan fingerprint density at radius 3 is 2.62 bits per heavy atom. The number of rotatable bonds is 7. The number of nitrogens with zero attached hydrogens (tertiary/aromatic N) is 6. The number of hydrogen-bond acceptors (Lipinski definition) is 9. The number of ether oxygens (including phenoxy) is 2. The third kappa shape index (κ3) is 6.09. The molecule has 6 rings (SSSR count). The van der Waals surface area contributed by atoms with Gasteiger partial charge >= 0.3 is 12.2 Å². The number of anilines is 2. The van der Waals surface area contributed by atoms with Crippen LogP contribution in [0.1, 0.15) is 66.2 Å². The van der Waals surface area contributed by atoms with E-state index in [2.05, 4.69) is 16.5 Å². The van der Waals surface area contributed by atoms with E-state index in [4.69, 9.17) is 20.2 Å². The molecule has 0 aliphatic carbocycles. The molecule has 10 nitrogen and oxygen atoms in total. The van der Waals surface area contributed by atoms with Crippen LogP contribution in [-0.2, 0) is 28.7 Å². The van der Waals surface area contributed by atoms with Crippen molar-refractivity contribution in [2.45, 2.75) is 75.9 Å². The summed E-state index contributed by atoms with van der Waals surface area (Å²) < 4.78 is 84.1. The van der Waals surface area contributed by atoms with Crippen LogP contribution >= 0.6 is 0 Å². The summed E-state index contributed by atoms with van der Waals surface area (Å²) in [5.41, 5.74) is 3.96. The van der Waals surface area contributed by atoms with Crippen molar-refractivity contribution in [3.05, 3.63) is 52.2 Å². The maximum atomic E-state index is 15.4. The topological polar surface area (TPSA) is 121 Å². The zero-order valence-corrected chi connectivity index (χ0v) is 26.0. The standard InChI is InChI=1S/C32H36F5N7O3/c1-18-13-22(39)27(34)25(26(18)32(35,36)37)24-14-23-21(16-46-24)28(42-11-12-44(29(45)19(2)33)20(15-42)5-8-38)41-30(40-23)47-17-31-6-3-9-43(31)10-4-7-31/h13,20,24H,2-7,9-12,14-17,39H2,1H3. The zero-order valence-electron chi connectivity index (χ0n) is 26.0. The summed E-state index contributed by atoms with van der Waals surface area (Å²) in [6.45, 7) is 6.71. The summed E-state index contributed by atoms with van der Waals surface area (Å²) in [5.74, 6) is -2.87. The van der Waals surface area contributed by atoms with Gasteiger partial charge in [0.05, 0.1) is 53.7 Å². The van der Waals surface area contributed by atoms with E-state index in [1.807, 2.05) is 11.0 Å². The fraction of sp³-hybridized carbons (Fsp3) is 0.562. The first kappa shape index (κ1) is 32.9. The van der Waals surface area contributed by atoms with E-state index in [9.17, 15) is 27.6 Å². The Hall–Kier alpha value is -4.03. The van der Waals surface area contributed by atoms with Crippen LogP contribution in [0.25, 0.3) is 0 Å². The van der Waals surface area contributed by atoms with Crippen LogP contribution in [0.2, 0.25) is 0 Å². The third-order valence-corrected chi connectivity index (χ3v) is 9.87. The second kappa shape index (κ2) is 12.5. The van der Waals surface area contributed by atoms with Crippen molar-refractivity contribution in [1.29, 1.82) is 5.26 Å². The Kier molecular flexibility index (Phi) is 8.77. The molecule has 1 amide bonds. The Bertz CT molecular complexity index is 1620. The largest absolute Gasteiger partial charge is 0.461 e. The van der Waals surface area contributed by atoms with Gasteiger partial charge in [0.2, 0.25) is 0 Å². The highest BCUT2D eigenvalue weighted by atomic mass is 19.4. The van der Waals surface area contributed by atoms with Gasteiger partial charge in [0, 0.05) is 37.2 Å². The fourth-order valence-electron chi connectivity index (χ4n) is 7.68. The highest BCUT2D eigenvalue weighted by molar-refractivity contribution is 5.91. The summed E-state index contributed by atoms with van der Waals surface area (Å²) in [7, 11) is 0. The molecule has 0 radical (unpaired) electrons. The normalized spacial score (nSPS) is 22.5. The van der Waals surface area contributed by atoms with Gasteiger partial charge < -0.3 is 25.0 Å².